The number of benzene rings is 1. The van der Waals surface area contributed by atoms with E-state index in [0.29, 0.717) is 5.02 Å². The summed E-state index contributed by atoms with van der Waals surface area (Å²) in [5.74, 6) is -0.982. The van der Waals surface area contributed by atoms with E-state index < -0.39 is 11.7 Å². The predicted octanol–water partition coefficient (Wildman–Crippen LogP) is 2.08. The Morgan fingerprint density at radius 2 is 2.24 bits per heavy atom. The molecule has 5 heteroatoms. The highest BCUT2D eigenvalue weighted by atomic mass is 35.5. The molecule has 0 heterocycles. The summed E-state index contributed by atoms with van der Waals surface area (Å²) < 4.78 is 13.5. The third-order valence-electron chi connectivity index (χ3n) is 2.75. The monoisotopic (exact) mass is 257 g/mol. The number of rotatable bonds is 4. The third kappa shape index (κ3) is 2.76. The van der Waals surface area contributed by atoms with Crippen LogP contribution in [0, 0.1) is 5.82 Å². The van der Waals surface area contributed by atoms with Gasteiger partial charge in [-0.3, -0.25) is 4.79 Å². The third-order valence-corrected chi connectivity index (χ3v) is 2.98. The van der Waals surface area contributed by atoms with Crippen LogP contribution in [0.2, 0.25) is 5.02 Å². The second-order valence-corrected chi connectivity index (χ2v) is 4.51. The Morgan fingerprint density at radius 3 is 2.82 bits per heavy atom. The van der Waals surface area contributed by atoms with Gasteiger partial charge in [-0.05, 0) is 31.0 Å². The summed E-state index contributed by atoms with van der Waals surface area (Å²) in [7, 11) is 0. The van der Waals surface area contributed by atoms with Crippen LogP contribution in [0.25, 0.3) is 0 Å². The van der Waals surface area contributed by atoms with E-state index in [9.17, 15) is 9.18 Å². The lowest BCUT2D eigenvalue weighted by atomic mass is 10.2. The lowest BCUT2D eigenvalue weighted by Crippen LogP contribution is -2.36. The second kappa shape index (κ2) is 5.02. The predicted molar refractivity (Wildman–Crippen MR) is 62.6 cm³/mol. The van der Waals surface area contributed by atoms with E-state index in [-0.39, 0.29) is 24.8 Å². The normalized spacial score (nSPS) is 14.8. The van der Waals surface area contributed by atoms with Gasteiger partial charge in [0, 0.05) is 17.6 Å². The Kier molecular flexibility index (Phi) is 3.64. The molecule has 1 amide bonds. The first kappa shape index (κ1) is 12.3. The summed E-state index contributed by atoms with van der Waals surface area (Å²) in [6, 6.07) is 4.04. The largest absolute Gasteiger partial charge is 0.395 e. The van der Waals surface area contributed by atoms with Crippen molar-refractivity contribution >= 4 is 17.5 Å². The fraction of sp³-hybridized carbons (Fsp3) is 0.417. The zero-order valence-corrected chi connectivity index (χ0v) is 9.95. The minimum absolute atomic E-state index is 0.0298. The van der Waals surface area contributed by atoms with Crippen LogP contribution in [-0.2, 0) is 0 Å². The molecule has 0 unspecified atom stereocenters. The Labute approximate surface area is 104 Å². The fourth-order valence-electron chi connectivity index (χ4n) is 1.76. The van der Waals surface area contributed by atoms with Gasteiger partial charge in [0.1, 0.15) is 5.82 Å². The molecule has 1 aromatic carbocycles. The first-order valence-electron chi connectivity index (χ1n) is 5.50. The van der Waals surface area contributed by atoms with E-state index >= 15 is 0 Å². The Balaban J connectivity index is 2.24. The van der Waals surface area contributed by atoms with E-state index in [1.807, 2.05) is 0 Å². The van der Waals surface area contributed by atoms with Gasteiger partial charge in [-0.25, -0.2) is 4.39 Å². The van der Waals surface area contributed by atoms with Crippen molar-refractivity contribution in [1.29, 1.82) is 0 Å². The molecule has 1 fully saturated rings. The van der Waals surface area contributed by atoms with Crippen LogP contribution in [0.15, 0.2) is 18.2 Å². The molecule has 0 atom stereocenters. The zero-order chi connectivity index (χ0) is 12.4. The average molecular weight is 258 g/mol. The molecule has 0 saturated heterocycles. The second-order valence-electron chi connectivity index (χ2n) is 4.08. The number of nitrogens with zero attached hydrogens (tertiary/aromatic N) is 1. The lowest BCUT2D eigenvalue weighted by molar-refractivity contribution is 0.0703. The summed E-state index contributed by atoms with van der Waals surface area (Å²) in [6.45, 7) is 0.111. The molecular weight excluding hydrogens is 245 g/mol. The Bertz CT molecular complexity index is 435. The SMILES string of the molecule is O=C(c1cc(Cl)ccc1F)N(CCO)C1CC1. The summed E-state index contributed by atoms with van der Waals surface area (Å²) in [6.07, 6.45) is 1.82. The van der Waals surface area contributed by atoms with Crippen molar-refractivity contribution in [1.82, 2.24) is 4.90 Å². The van der Waals surface area contributed by atoms with Crippen LogP contribution in [0.4, 0.5) is 4.39 Å². The maximum atomic E-state index is 13.5. The Morgan fingerprint density at radius 1 is 1.53 bits per heavy atom. The van der Waals surface area contributed by atoms with Crippen molar-refractivity contribution in [2.24, 2.45) is 0 Å². The molecule has 1 N–H and O–H groups in total. The van der Waals surface area contributed by atoms with E-state index in [4.69, 9.17) is 16.7 Å². The van der Waals surface area contributed by atoms with E-state index in [1.165, 1.54) is 23.1 Å². The number of carbonyl (C=O) groups excluding carboxylic acids is 1. The number of halogens is 2. The first-order chi connectivity index (χ1) is 8.13. The molecule has 0 radical (unpaired) electrons. The molecule has 1 aliphatic carbocycles. The number of carbonyl (C=O) groups is 1. The van der Waals surface area contributed by atoms with E-state index in [0.717, 1.165) is 12.8 Å². The topological polar surface area (TPSA) is 40.5 Å². The lowest BCUT2D eigenvalue weighted by Gasteiger charge is -2.21. The minimum atomic E-state index is -0.581. The zero-order valence-electron chi connectivity index (χ0n) is 9.20. The molecule has 0 bridgehead atoms. The molecule has 17 heavy (non-hydrogen) atoms. The van der Waals surface area contributed by atoms with Gasteiger partial charge in [0.05, 0.1) is 12.2 Å². The molecule has 0 spiro atoms. The molecule has 1 aliphatic rings. The maximum Gasteiger partial charge on any atom is 0.257 e. The molecule has 1 aromatic rings. The molecule has 1 saturated carbocycles. The van der Waals surface area contributed by atoms with Crippen LogP contribution in [0.1, 0.15) is 23.2 Å². The average Bonchev–Trinajstić information content (AvgIpc) is 3.12. The fourth-order valence-corrected chi connectivity index (χ4v) is 1.93. The number of aliphatic hydroxyl groups excluding tert-OH is 1. The number of hydrogen-bond acceptors (Lipinski definition) is 2. The summed E-state index contributed by atoms with van der Waals surface area (Å²) in [5.41, 5.74) is -0.0298. The van der Waals surface area contributed by atoms with Crippen LogP contribution in [0.3, 0.4) is 0 Å². The quantitative estimate of drug-likeness (QED) is 0.897. The number of amides is 1. The van der Waals surface area contributed by atoms with Crippen LogP contribution >= 0.6 is 11.6 Å². The molecule has 3 nitrogen and oxygen atoms in total. The number of hydrogen-bond donors (Lipinski definition) is 1. The van der Waals surface area contributed by atoms with Gasteiger partial charge in [-0.2, -0.15) is 0 Å². The maximum absolute atomic E-state index is 13.5. The van der Waals surface area contributed by atoms with Crippen LogP contribution in [-0.4, -0.2) is 35.1 Å². The summed E-state index contributed by atoms with van der Waals surface area (Å²) >= 11 is 5.75. The van der Waals surface area contributed by atoms with Gasteiger partial charge >= 0.3 is 0 Å². The smallest absolute Gasteiger partial charge is 0.257 e. The van der Waals surface area contributed by atoms with Crippen molar-refractivity contribution < 1.29 is 14.3 Å². The van der Waals surface area contributed by atoms with Gasteiger partial charge in [-0.15, -0.1) is 0 Å². The van der Waals surface area contributed by atoms with Crippen LogP contribution in [0.5, 0.6) is 0 Å². The standard InChI is InChI=1S/C12H13ClFNO2/c13-8-1-4-11(14)10(7-8)12(17)15(5-6-16)9-2-3-9/h1,4,7,9,16H,2-3,5-6H2. The molecule has 2 rings (SSSR count). The van der Waals surface area contributed by atoms with Gasteiger partial charge in [0.25, 0.3) is 5.91 Å². The molecule has 0 aromatic heterocycles. The molecular formula is C12H13ClFNO2. The van der Waals surface area contributed by atoms with Crippen molar-refractivity contribution in [2.75, 3.05) is 13.2 Å². The Hall–Kier alpha value is -1.13. The van der Waals surface area contributed by atoms with Gasteiger partial charge in [0.15, 0.2) is 0 Å². The molecule has 92 valence electrons. The highest BCUT2D eigenvalue weighted by Gasteiger charge is 2.33. The van der Waals surface area contributed by atoms with Gasteiger partial charge in [0.2, 0.25) is 0 Å². The van der Waals surface area contributed by atoms with Gasteiger partial charge in [-0.1, -0.05) is 11.6 Å². The van der Waals surface area contributed by atoms with Crippen molar-refractivity contribution in [3.8, 4) is 0 Å². The first-order valence-corrected chi connectivity index (χ1v) is 5.88. The minimum Gasteiger partial charge on any atom is -0.395 e. The van der Waals surface area contributed by atoms with Crippen molar-refractivity contribution in [2.45, 2.75) is 18.9 Å². The molecule has 0 aliphatic heterocycles. The van der Waals surface area contributed by atoms with Crippen LogP contribution < -0.4 is 0 Å². The van der Waals surface area contributed by atoms with Crippen molar-refractivity contribution in [3.63, 3.8) is 0 Å². The van der Waals surface area contributed by atoms with E-state index in [1.54, 1.807) is 0 Å². The van der Waals surface area contributed by atoms with Crippen molar-refractivity contribution in [3.05, 3.63) is 34.6 Å². The summed E-state index contributed by atoms with van der Waals surface area (Å²) in [4.78, 5) is 13.6. The van der Waals surface area contributed by atoms with E-state index in [2.05, 4.69) is 0 Å². The summed E-state index contributed by atoms with van der Waals surface area (Å²) in [5, 5.41) is 9.25. The van der Waals surface area contributed by atoms with Gasteiger partial charge < -0.3 is 10.0 Å². The highest BCUT2D eigenvalue weighted by Crippen LogP contribution is 2.28. The number of aliphatic hydroxyl groups is 1. The highest BCUT2D eigenvalue weighted by molar-refractivity contribution is 6.31.